The summed E-state index contributed by atoms with van der Waals surface area (Å²) < 4.78 is 29.3. The van der Waals surface area contributed by atoms with E-state index in [0.29, 0.717) is 17.7 Å². The van der Waals surface area contributed by atoms with E-state index in [1.807, 2.05) is 36.4 Å². The summed E-state index contributed by atoms with van der Waals surface area (Å²) in [7, 11) is -3.03. The van der Waals surface area contributed by atoms with Gasteiger partial charge < -0.3 is 9.64 Å². The molecule has 0 bridgehead atoms. The maximum atomic E-state index is 12.7. The van der Waals surface area contributed by atoms with Crippen LogP contribution in [-0.2, 0) is 14.6 Å². The van der Waals surface area contributed by atoms with Gasteiger partial charge in [0.05, 0.1) is 23.1 Å². The van der Waals surface area contributed by atoms with E-state index in [9.17, 15) is 13.2 Å². The highest BCUT2D eigenvalue weighted by Gasteiger charge is 2.42. The molecule has 7 heteroatoms. The van der Waals surface area contributed by atoms with Gasteiger partial charge in [0.2, 0.25) is 0 Å². The molecule has 1 aliphatic carbocycles. The molecule has 0 spiro atoms. The quantitative estimate of drug-likeness (QED) is 0.731. The zero-order chi connectivity index (χ0) is 20.4. The average Bonchev–Trinajstić information content (AvgIpc) is 3.49. The topological polar surface area (TPSA) is 87.5 Å². The number of nitriles is 1. The number of nitrogens with zero attached hydrogens (tertiary/aromatic N) is 2. The van der Waals surface area contributed by atoms with Crippen molar-refractivity contribution in [2.45, 2.75) is 31.3 Å². The van der Waals surface area contributed by atoms with E-state index in [-0.39, 0.29) is 36.1 Å². The Balaban J connectivity index is 1.38. The summed E-state index contributed by atoms with van der Waals surface area (Å²) in [6.45, 7) is -0.0940. The van der Waals surface area contributed by atoms with Crippen molar-refractivity contribution in [2.75, 3.05) is 18.1 Å². The molecule has 1 heterocycles. The summed E-state index contributed by atoms with van der Waals surface area (Å²) in [6, 6.07) is 16.8. The maximum absolute atomic E-state index is 12.7. The molecule has 4 rings (SSSR count). The average molecular weight is 410 g/mol. The summed E-state index contributed by atoms with van der Waals surface area (Å²) >= 11 is 0. The van der Waals surface area contributed by atoms with Crippen LogP contribution in [0.3, 0.4) is 0 Å². The minimum Gasteiger partial charge on any atom is -0.484 e. The molecular weight excluding hydrogens is 388 g/mol. The lowest BCUT2D eigenvalue weighted by Crippen LogP contribution is -2.45. The van der Waals surface area contributed by atoms with Crippen LogP contribution in [0.15, 0.2) is 48.5 Å². The Bertz CT molecular complexity index is 1040. The maximum Gasteiger partial charge on any atom is 0.261 e. The van der Waals surface area contributed by atoms with Crippen LogP contribution in [0.25, 0.3) is 11.1 Å². The summed E-state index contributed by atoms with van der Waals surface area (Å²) in [5, 5.41) is 8.88. The monoisotopic (exact) mass is 410 g/mol. The molecule has 6 nitrogen and oxygen atoms in total. The first kappa shape index (κ1) is 19.5. The van der Waals surface area contributed by atoms with Gasteiger partial charge in [-0.25, -0.2) is 8.42 Å². The largest absolute Gasteiger partial charge is 0.484 e. The first-order valence-electron chi connectivity index (χ1n) is 9.70. The second kappa shape index (κ2) is 7.88. The normalized spacial score (nSPS) is 20.0. The van der Waals surface area contributed by atoms with Crippen LogP contribution in [0.4, 0.5) is 0 Å². The molecule has 1 atom stereocenters. The fourth-order valence-corrected chi connectivity index (χ4v) is 5.46. The van der Waals surface area contributed by atoms with Gasteiger partial charge in [0.15, 0.2) is 16.4 Å². The highest BCUT2D eigenvalue weighted by molar-refractivity contribution is 7.91. The molecule has 2 aliphatic rings. The Morgan fingerprint density at radius 3 is 2.14 bits per heavy atom. The molecule has 1 aliphatic heterocycles. The third kappa shape index (κ3) is 4.60. The van der Waals surface area contributed by atoms with Crippen molar-refractivity contribution in [3.05, 3.63) is 54.1 Å². The van der Waals surface area contributed by atoms with E-state index in [2.05, 4.69) is 6.07 Å². The molecule has 0 aromatic heterocycles. The van der Waals surface area contributed by atoms with Crippen molar-refractivity contribution in [1.82, 2.24) is 4.90 Å². The minimum atomic E-state index is -3.03. The summed E-state index contributed by atoms with van der Waals surface area (Å²) in [6.07, 6.45) is 2.38. The van der Waals surface area contributed by atoms with E-state index in [1.54, 1.807) is 17.0 Å². The zero-order valence-corrected chi connectivity index (χ0v) is 16.8. The molecule has 1 saturated heterocycles. The molecule has 29 heavy (non-hydrogen) atoms. The molecule has 1 saturated carbocycles. The third-order valence-electron chi connectivity index (χ3n) is 5.39. The lowest BCUT2D eigenvalue weighted by molar-refractivity contribution is -0.135. The highest BCUT2D eigenvalue weighted by atomic mass is 32.2. The number of benzene rings is 2. The zero-order valence-electron chi connectivity index (χ0n) is 16.0. The van der Waals surface area contributed by atoms with Crippen molar-refractivity contribution in [2.24, 2.45) is 0 Å². The van der Waals surface area contributed by atoms with Crippen LogP contribution in [-0.4, -0.2) is 49.4 Å². The molecule has 2 aromatic rings. The van der Waals surface area contributed by atoms with E-state index in [1.165, 1.54) is 0 Å². The lowest BCUT2D eigenvalue weighted by atomic mass is 10.0. The molecule has 150 valence electrons. The summed E-state index contributed by atoms with van der Waals surface area (Å²) in [5.41, 5.74) is 2.60. The molecule has 0 unspecified atom stereocenters. The second-order valence-electron chi connectivity index (χ2n) is 7.59. The van der Waals surface area contributed by atoms with Gasteiger partial charge in [0.1, 0.15) is 5.75 Å². The SMILES string of the molecule is N#Cc1ccc(-c2ccc(OCC(=O)N(C3CC3)[C@@H]3CCS(=O)(=O)C3)cc2)cc1. The number of amides is 1. The van der Waals surface area contributed by atoms with E-state index < -0.39 is 9.84 Å². The van der Waals surface area contributed by atoms with Crippen LogP contribution in [0.1, 0.15) is 24.8 Å². The van der Waals surface area contributed by atoms with Gasteiger partial charge >= 0.3 is 0 Å². The van der Waals surface area contributed by atoms with Crippen LogP contribution in [0.2, 0.25) is 0 Å². The predicted octanol–water partition coefficient (Wildman–Crippen LogP) is 2.78. The van der Waals surface area contributed by atoms with Gasteiger partial charge in [-0.3, -0.25) is 4.79 Å². The summed E-state index contributed by atoms with van der Waals surface area (Å²) in [5.74, 6) is 0.664. The van der Waals surface area contributed by atoms with Crippen molar-refractivity contribution < 1.29 is 17.9 Å². The van der Waals surface area contributed by atoms with Gasteiger partial charge in [0, 0.05) is 12.1 Å². The van der Waals surface area contributed by atoms with E-state index in [4.69, 9.17) is 10.00 Å². The number of rotatable bonds is 6. The molecule has 0 radical (unpaired) electrons. The fourth-order valence-electron chi connectivity index (χ4n) is 3.75. The Kier molecular flexibility index (Phi) is 5.29. The molecule has 1 amide bonds. The standard InChI is InChI=1S/C22H22N2O4S/c23-13-16-1-3-17(4-2-16)18-5-9-21(10-6-18)28-14-22(25)24(19-7-8-19)20-11-12-29(26,27)15-20/h1-6,9-10,19-20H,7-8,11-12,14-15H2/t20-/m1/s1. The molecule has 2 fully saturated rings. The number of ether oxygens (including phenoxy) is 1. The fraction of sp³-hybridized carbons (Fsp3) is 0.364. The molecule has 0 N–H and O–H groups in total. The molecular formula is C22H22N2O4S. The lowest BCUT2D eigenvalue weighted by Gasteiger charge is -2.28. The minimum absolute atomic E-state index is 0.0640. The number of carbonyl (C=O) groups excluding carboxylic acids is 1. The van der Waals surface area contributed by atoms with E-state index in [0.717, 1.165) is 24.0 Å². The first-order chi connectivity index (χ1) is 13.9. The van der Waals surface area contributed by atoms with Gasteiger partial charge in [-0.2, -0.15) is 5.26 Å². The number of sulfone groups is 1. The second-order valence-corrected chi connectivity index (χ2v) is 9.82. The Hall–Kier alpha value is -2.85. The Morgan fingerprint density at radius 1 is 1.00 bits per heavy atom. The first-order valence-corrected chi connectivity index (χ1v) is 11.5. The number of hydrogen-bond donors (Lipinski definition) is 0. The van der Waals surface area contributed by atoms with Gasteiger partial charge in [0.25, 0.3) is 5.91 Å². The van der Waals surface area contributed by atoms with Crippen LogP contribution >= 0.6 is 0 Å². The molecule has 2 aromatic carbocycles. The smallest absolute Gasteiger partial charge is 0.261 e. The van der Waals surface area contributed by atoms with Crippen LogP contribution in [0, 0.1) is 11.3 Å². The van der Waals surface area contributed by atoms with Crippen molar-refractivity contribution in [1.29, 1.82) is 5.26 Å². The van der Waals surface area contributed by atoms with Crippen molar-refractivity contribution in [3.63, 3.8) is 0 Å². The number of carbonyl (C=O) groups is 1. The van der Waals surface area contributed by atoms with Crippen molar-refractivity contribution in [3.8, 4) is 22.9 Å². The highest BCUT2D eigenvalue weighted by Crippen LogP contribution is 2.32. The van der Waals surface area contributed by atoms with E-state index >= 15 is 0 Å². The van der Waals surface area contributed by atoms with Gasteiger partial charge in [-0.05, 0) is 54.7 Å². The number of hydrogen-bond acceptors (Lipinski definition) is 5. The summed E-state index contributed by atoms with van der Waals surface area (Å²) in [4.78, 5) is 14.5. The Morgan fingerprint density at radius 2 is 1.62 bits per heavy atom. The van der Waals surface area contributed by atoms with Gasteiger partial charge in [-0.1, -0.05) is 24.3 Å². The third-order valence-corrected chi connectivity index (χ3v) is 7.14. The van der Waals surface area contributed by atoms with Gasteiger partial charge in [-0.15, -0.1) is 0 Å². The van der Waals surface area contributed by atoms with Crippen molar-refractivity contribution >= 4 is 15.7 Å². The van der Waals surface area contributed by atoms with Crippen LogP contribution < -0.4 is 4.74 Å². The Labute approximate surface area is 170 Å². The van der Waals surface area contributed by atoms with Crippen LogP contribution in [0.5, 0.6) is 5.75 Å². The predicted molar refractivity (Wildman–Crippen MR) is 109 cm³/mol.